The van der Waals surface area contributed by atoms with Crippen molar-refractivity contribution < 1.29 is 18.1 Å². The maximum atomic E-state index is 11.0. The van der Waals surface area contributed by atoms with Gasteiger partial charge in [0.05, 0.1) is 17.7 Å². The summed E-state index contributed by atoms with van der Waals surface area (Å²) in [6.45, 7) is 0.107. The third-order valence-corrected chi connectivity index (χ3v) is 3.14. The number of hydrogen-bond acceptors (Lipinski definition) is 4. The Bertz CT molecular complexity index is 449. The molecule has 0 saturated carbocycles. The lowest BCUT2D eigenvalue weighted by Crippen LogP contribution is -2.21. The van der Waals surface area contributed by atoms with Gasteiger partial charge in [-0.15, -0.1) is 11.6 Å². The molecule has 0 aliphatic carbocycles. The minimum absolute atomic E-state index is 0.0427. The van der Waals surface area contributed by atoms with Crippen molar-refractivity contribution >= 4 is 27.4 Å². The van der Waals surface area contributed by atoms with E-state index in [2.05, 4.69) is 5.32 Å². The van der Waals surface area contributed by atoms with Crippen molar-refractivity contribution in [2.75, 3.05) is 17.7 Å². The van der Waals surface area contributed by atoms with Gasteiger partial charge in [0, 0.05) is 6.54 Å². The molecule has 1 aromatic rings. The predicted molar refractivity (Wildman–Crippen MR) is 61.5 cm³/mol. The van der Waals surface area contributed by atoms with Gasteiger partial charge >= 0.3 is 0 Å². The van der Waals surface area contributed by atoms with Crippen LogP contribution < -0.4 is 5.32 Å². The first-order chi connectivity index (χ1) is 7.45. The summed E-state index contributed by atoms with van der Waals surface area (Å²) in [6.07, 6.45) is -0.781. The van der Waals surface area contributed by atoms with Crippen LogP contribution in [0.3, 0.4) is 0 Å². The minimum Gasteiger partial charge on any atom is -0.390 e. The molecule has 7 heteroatoms. The molecule has 0 aliphatic heterocycles. The number of anilines is 1. The van der Waals surface area contributed by atoms with Gasteiger partial charge in [-0.05, 0) is 12.1 Å². The molecule has 90 valence electrons. The number of rotatable bonds is 5. The Morgan fingerprint density at radius 2 is 2.00 bits per heavy atom. The summed E-state index contributed by atoms with van der Waals surface area (Å²) in [5, 5.41) is 11.9. The van der Waals surface area contributed by atoms with Gasteiger partial charge in [0.2, 0.25) is 0 Å². The van der Waals surface area contributed by atoms with Gasteiger partial charge in [0.25, 0.3) is 10.1 Å². The molecule has 0 radical (unpaired) electrons. The zero-order valence-electron chi connectivity index (χ0n) is 8.30. The van der Waals surface area contributed by atoms with Crippen molar-refractivity contribution in [1.29, 1.82) is 0 Å². The summed E-state index contributed by atoms with van der Waals surface area (Å²) in [7, 11) is -4.27. The molecule has 0 aliphatic rings. The van der Waals surface area contributed by atoms with E-state index in [-0.39, 0.29) is 23.0 Å². The van der Waals surface area contributed by atoms with Crippen LogP contribution in [0.1, 0.15) is 0 Å². The SMILES string of the molecule is O=S(=O)(O)c1ccccc1NCC(O)CCl. The molecule has 0 aromatic heterocycles. The van der Waals surface area contributed by atoms with Crippen LogP contribution in [0, 0.1) is 0 Å². The van der Waals surface area contributed by atoms with Gasteiger partial charge in [-0.2, -0.15) is 8.42 Å². The van der Waals surface area contributed by atoms with Crippen molar-refractivity contribution in [3.8, 4) is 0 Å². The Kier molecular flexibility index (Phi) is 4.55. The molecule has 0 fully saturated rings. The van der Waals surface area contributed by atoms with E-state index >= 15 is 0 Å². The lowest BCUT2D eigenvalue weighted by Gasteiger charge is -2.12. The first-order valence-corrected chi connectivity index (χ1v) is 6.47. The molecule has 0 spiro atoms. The normalized spacial score (nSPS) is 13.4. The number of para-hydroxylation sites is 1. The molecule has 0 amide bonds. The lowest BCUT2D eigenvalue weighted by atomic mass is 10.3. The van der Waals surface area contributed by atoms with E-state index in [9.17, 15) is 13.5 Å². The Balaban J connectivity index is 2.88. The Hall–Kier alpha value is -0.820. The highest BCUT2D eigenvalue weighted by Crippen LogP contribution is 2.20. The summed E-state index contributed by atoms with van der Waals surface area (Å²) in [5.74, 6) is 0.0427. The van der Waals surface area contributed by atoms with E-state index in [1.807, 2.05) is 0 Å². The fourth-order valence-electron chi connectivity index (χ4n) is 1.12. The molecule has 5 nitrogen and oxygen atoms in total. The predicted octanol–water partition coefficient (Wildman–Crippen LogP) is 0.945. The molecule has 0 saturated heterocycles. The van der Waals surface area contributed by atoms with Crippen molar-refractivity contribution in [3.05, 3.63) is 24.3 Å². The maximum absolute atomic E-state index is 11.0. The second-order valence-electron chi connectivity index (χ2n) is 3.16. The van der Waals surface area contributed by atoms with Crippen LogP contribution in [0.15, 0.2) is 29.2 Å². The smallest absolute Gasteiger partial charge is 0.296 e. The summed E-state index contributed by atoms with van der Waals surface area (Å²) in [6, 6.07) is 5.87. The van der Waals surface area contributed by atoms with E-state index in [0.29, 0.717) is 0 Å². The molecular weight excluding hydrogens is 254 g/mol. The van der Waals surface area contributed by atoms with Crippen LogP contribution in [-0.4, -0.2) is 36.6 Å². The van der Waals surface area contributed by atoms with Gasteiger partial charge in [-0.25, -0.2) is 0 Å². The van der Waals surface area contributed by atoms with Gasteiger partial charge in [0.15, 0.2) is 0 Å². The third-order valence-electron chi connectivity index (χ3n) is 1.87. The van der Waals surface area contributed by atoms with E-state index in [0.717, 1.165) is 0 Å². The highest BCUT2D eigenvalue weighted by atomic mass is 35.5. The largest absolute Gasteiger partial charge is 0.390 e. The number of benzene rings is 1. The molecule has 16 heavy (non-hydrogen) atoms. The second kappa shape index (κ2) is 5.49. The highest BCUT2D eigenvalue weighted by Gasteiger charge is 2.14. The molecular formula is C9H12ClNO4S. The maximum Gasteiger partial charge on any atom is 0.296 e. The molecule has 0 bridgehead atoms. The molecule has 1 unspecified atom stereocenters. The van der Waals surface area contributed by atoms with Crippen molar-refractivity contribution in [1.82, 2.24) is 0 Å². The van der Waals surface area contributed by atoms with Crippen LogP contribution in [-0.2, 0) is 10.1 Å². The minimum atomic E-state index is -4.27. The third kappa shape index (κ3) is 3.64. The topological polar surface area (TPSA) is 86.6 Å². The Morgan fingerprint density at radius 1 is 1.38 bits per heavy atom. The van der Waals surface area contributed by atoms with Crippen LogP contribution in [0.4, 0.5) is 5.69 Å². The number of halogens is 1. The second-order valence-corrected chi connectivity index (χ2v) is 4.86. The number of alkyl halides is 1. The van der Waals surface area contributed by atoms with Crippen molar-refractivity contribution in [2.24, 2.45) is 0 Å². The molecule has 1 aromatic carbocycles. The standard InChI is InChI=1S/C9H12ClNO4S/c10-5-7(12)6-11-8-3-1-2-4-9(8)16(13,14)15/h1-4,7,11-12H,5-6H2,(H,13,14,15). The summed E-state index contributed by atoms with van der Waals surface area (Å²) in [4.78, 5) is -0.225. The molecule has 1 atom stereocenters. The highest BCUT2D eigenvalue weighted by molar-refractivity contribution is 7.86. The van der Waals surface area contributed by atoms with E-state index in [1.54, 1.807) is 6.07 Å². The average molecular weight is 266 g/mol. The summed E-state index contributed by atoms with van der Waals surface area (Å²) >= 11 is 5.39. The Labute approximate surface area is 98.8 Å². The fraction of sp³-hybridized carbons (Fsp3) is 0.333. The number of aliphatic hydroxyl groups excluding tert-OH is 1. The van der Waals surface area contributed by atoms with Crippen molar-refractivity contribution in [2.45, 2.75) is 11.0 Å². The quantitative estimate of drug-likeness (QED) is 0.545. The molecule has 0 heterocycles. The van der Waals surface area contributed by atoms with Crippen LogP contribution in [0.5, 0.6) is 0 Å². The zero-order valence-corrected chi connectivity index (χ0v) is 9.87. The van der Waals surface area contributed by atoms with Gasteiger partial charge in [-0.3, -0.25) is 4.55 Å². The number of aliphatic hydroxyl groups is 1. The fourth-order valence-corrected chi connectivity index (χ4v) is 1.90. The van der Waals surface area contributed by atoms with Crippen LogP contribution in [0.25, 0.3) is 0 Å². The van der Waals surface area contributed by atoms with Gasteiger partial charge in [-0.1, -0.05) is 12.1 Å². The van der Waals surface area contributed by atoms with E-state index in [4.69, 9.17) is 16.2 Å². The van der Waals surface area contributed by atoms with E-state index in [1.165, 1.54) is 18.2 Å². The summed E-state index contributed by atoms with van der Waals surface area (Å²) < 4.78 is 30.9. The molecule has 1 rings (SSSR count). The van der Waals surface area contributed by atoms with Gasteiger partial charge < -0.3 is 10.4 Å². The molecule has 3 N–H and O–H groups in total. The van der Waals surface area contributed by atoms with Crippen LogP contribution >= 0.6 is 11.6 Å². The zero-order chi connectivity index (χ0) is 12.2. The number of nitrogens with one attached hydrogen (secondary N) is 1. The van der Waals surface area contributed by atoms with E-state index < -0.39 is 16.2 Å². The number of hydrogen-bond donors (Lipinski definition) is 3. The first kappa shape index (κ1) is 13.2. The Morgan fingerprint density at radius 3 is 2.56 bits per heavy atom. The monoisotopic (exact) mass is 265 g/mol. The lowest BCUT2D eigenvalue weighted by molar-refractivity contribution is 0.211. The van der Waals surface area contributed by atoms with Crippen molar-refractivity contribution in [3.63, 3.8) is 0 Å². The first-order valence-electron chi connectivity index (χ1n) is 4.49. The van der Waals surface area contributed by atoms with Crippen LogP contribution in [0.2, 0.25) is 0 Å². The summed E-state index contributed by atoms with van der Waals surface area (Å²) in [5.41, 5.74) is 0.231. The van der Waals surface area contributed by atoms with Gasteiger partial charge in [0.1, 0.15) is 4.90 Å². The average Bonchev–Trinajstić information content (AvgIpc) is 2.25.